The molecule has 0 unspecified atom stereocenters. The summed E-state index contributed by atoms with van der Waals surface area (Å²) in [6.07, 6.45) is 0. The Morgan fingerprint density at radius 1 is 0.750 bits per heavy atom. The first kappa shape index (κ1) is 13.8. The largest absolute Gasteiger partial charge is 0.494 e. The van der Waals surface area contributed by atoms with Gasteiger partial charge in [-0.3, -0.25) is 9.98 Å². The first-order valence-electron chi connectivity index (χ1n) is 6.03. The lowest BCUT2D eigenvalue weighted by molar-refractivity contribution is 0.415. The summed E-state index contributed by atoms with van der Waals surface area (Å²) in [7, 11) is 3.22. The maximum Gasteiger partial charge on any atom is 0.145 e. The topological polar surface area (TPSA) is 43.2 Å². The van der Waals surface area contributed by atoms with Crippen LogP contribution in [0, 0.1) is 0 Å². The predicted molar refractivity (Wildman–Crippen MR) is 83.4 cm³/mol. The molecule has 0 aliphatic heterocycles. The lowest BCUT2D eigenvalue weighted by atomic mass is 10.0. The molecule has 2 rings (SSSR count). The van der Waals surface area contributed by atoms with Gasteiger partial charge in [-0.05, 0) is 48.8 Å². The number of benzene rings is 2. The molecule has 0 saturated heterocycles. The molecule has 0 aromatic heterocycles. The molecular weight excluding hydrogens is 252 g/mol. The van der Waals surface area contributed by atoms with Crippen molar-refractivity contribution in [2.45, 2.75) is 0 Å². The standard InChI is InChI=1S/C16H16N2O2/c1-17-13-7-5-11(9-15(13)19-3)12-6-8-14(18-2)16(10-12)20-4/h5-10H,1-2H2,3-4H3. The van der Waals surface area contributed by atoms with Crippen molar-refractivity contribution < 1.29 is 9.47 Å². The van der Waals surface area contributed by atoms with E-state index in [0.717, 1.165) is 11.1 Å². The first-order chi connectivity index (χ1) is 9.73. The van der Waals surface area contributed by atoms with Crippen LogP contribution in [0.25, 0.3) is 11.1 Å². The average Bonchev–Trinajstić information content (AvgIpc) is 2.53. The fourth-order valence-electron chi connectivity index (χ4n) is 1.98. The van der Waals surface area contributed by atoms with Crippen molar-refractivity contribution in [1.82, 2.24) is 0 Å². The van der Waals surface area contributed by atoms with Crippen LogP contribution in [0.3, 0.4) is 0 Å². The Hall–Kier alpha value is -2.62. The first-order valence-corrected chi connectivity index (χ1v) is 6.03. The molecule has 0 atom stereocenters. The monoisotopic (exact) mass is 268 g/mol. The molecule has 0 amide bonds. The van der Waals surface area contributed by atoms with E-state index in [4.69, 9.17) is 9.47 Å². The number of aliphatic imine (C=N–C) groups is 2. The molecule has 0 radical (unpaired) electrons. The normalized spacial score (nSPS) is 9.90. The van der Waals surface area contributed by atoms with Crippen LogP contribution < -0.4 is 9.47 Å². The molecular formula is C16H16N2O2. The fraction of sp³-hybridized carbons (Fsp3) is 0.125. The second-order valence-corrected chi connectivity index (χ2v) is 4.09. The van der Waals surface area contributed by atoms with E-state index in [1.807, 2.05) is 36.4 Å². The maximum absolute atomic E-state index is 5.31. The summed E-state index contributed by atoms with van der Waals surface area (Å²) in [4.78, 5) is 7.83. The Balaban J connectivity index is 2.51. The summed E-state index contributed by atoms with van der Waals surface area (Å²) in [5.74, 6) is 1.37. The predicted octanol–water partition coefficient (Wildman–Crippen LogP) is 4.04. The third kappa shape index (κ3) is 2.54. The summed E-state index contributed by atoms with van der Waals surface area (Å²) in [5, 5.41) is 0. The highest BCUT2D eigenvalue weighted by atomic mass is 16.5. The Morgan fingerprint density at radius 2 is 1.15 bits per heavy atom. The van der Waals surface area contributed by atoms with Crippen LogP contribution in [0.2, 0.25) is 0 Å². The van der Waals surface area contributed by atoms with Gasteiger partial charge < -0.3 is 9.47 Å². The van der Waals surface area contributed by atoms with Crippen molar-refractivity contribution in [3.8, 4) is 22.6 Å². The number of hydrogen-bond acceptors (Lipinski definition) is 4. The van der Waals surface area contributed by atoms with Crippen molar-refractivity contribution in [2.24, 2.45) is 9.98 Å². The lowest BCUT2D eigenvalue weighted by Crippen LogP contribution is -1.87. The number of methoxy groups -OCH3 is 2. The Bertz CT molecular complexity index is 593. The number of ether oxygens (including phenoxy) is 2. The molecule has 2 aromatic carbocycles. The van der Waals surface area contributed by atoms with Crippen molar-refractivity contribution in [1.29, 1.82) is 0 Å². The zero-order chi connectivity index (χ0) is 14.5. The van der Waals surface area contributed by atoms with E-state index >= 15 is 0 Å². The SMILES string of the molecule is C=Nc1ccc(-c2ccc(N=C)c(OC)c2)cc1OC. The van der Waals surface area contributed by atoms with E-state index in [9.17, 15) is 0 Å². The van der Waals surface area contributed by atoms with Crippen molar-refractivity contribution in [3.63, 3.8) is 0 Å². The molecule has 0 bridgehead atoms. The molecule has 0 heterocycles. The van der Waals surface area contributed by atoms with E-state index < -0.39 is 0 Å². The molecule has 0 aliphatic rings. The molecule has 2 aromatic rings. The number of rotatable bonds is 5. The van der Waals surface area contributed by atoms with Gasteiger partial charge in [-0.2, -0.15) is 0 Å². The van der Waals surface area contributed by atoms with Gasteiger partial charge in [0.2, 0.25) is 0 Å². The second-order valence-electron chi connectivity index (χ2n) is 4.09. The van der Waals surface area contributed by atoms with Gasteiger partial charge in [0, 0.05) is 0 Å². The van der Waals surface area contributed by atoms with Gasteiger partial charge >= 0.3 is 0 Å². The van der Waals surface area contributed by atoms with E-state index in [2.05, 4.69) is 23.4 Å². The van der Waals surface area contributed by atoms with E-state index in [0.29, 0.717) is 22.9 Å². The van der Waals surface area contributed by atoms with Crippen LogP contribution in [0.4, 0.5) is 11.4 Å². The van der Waals surface area contributed by atoms with E-state index in [1.165, 1.54) is 0 Å². The summed E-state index contributed by atoms with van der Waals surface area (Å²) < 4.78 is 10.6. The van der Waals surface area contributed by atoms with Crippen LogP contribution in [-0.2, 0) is 0 Å². The van der Waals surface area contributed by atoms with Crippen LogP contribution in [0.1, 0.15) is 0 Å². The van der Waals surface area contributed by atoms with Crippen molar-refractivity contribution in [2.75, 3.05) is 14.2 Å². The molecule has 0 aliphatic carbocycles. The molecule has 102 valence electrons. The van der Waals surface area contributed by atoms with Crippen LogP contribution in [0.5, 0.6) is 11.5 Å². The molecule has 0 N–H and O–H groups in total. The van der Waals surface area contributed by atoms with E-state index in [1.54, 1.807) is 14.2 Å². The highest BCUT2D eigenvalue weighted by Gasteiger charge is 2.08. The minimum Gasteiger partial charge on any atom is -0.494 e. The Labute approximate surface area is 118 Å². The third-order valence-electron chi connectivity index (χ3n) is 3.03. The smallest absolute Gasteiger partial charge is 0.145 e. The van der Waals surface area contributed by atoms with Gasteiger partial charge in [-0.25, -0.2) is 0 Å². The molecule has 20 heavy (non-hydrogen) atoms. The van der Waals surface area contributed by atoms with E-state index in [-0.39, 0.29) is 0 Å². The highest BCUT2D eigenvalue weighted by Crippen LogP contribution is 2.36. The van der Waals surface area contributed by atoms with Crippen molar-refractivity contribution in [3.05, 3.63) is 36.4 Å². The third-order valence-corrected chi connectivity index (χ3v) is 3.03. The van der Waals surface area contributed by atoms with Gasteiger partial charge in [-0.15, -0.1) is 0 Å². The summed E-state index contributed by atoms with van der Waals surface area (Å²) >= 11 is 0. The summed E-state index contributed by atoms with van der Waals surface area (Å²) in [6, 6.07) is 11.5. The van der Waals surface area contributed by atoms with Crippen LogP contribution in [0.15, 0.2) is 46.4 Å². The molecule has 4 nitrogen and oxygen atoms in total. The second kappa shape index (κ2) is 6.02. The maximum atomic E-state index is 5.31. The summed E-state index contributed by atoms with van der Waals surface area (Å²) in [6.45, 7) is 7.05. The zero-order valence-corrected chi connectivity index (χ0v) is 11.6. The average molecular weight is 268 g/mol. The van der Waals surface area contributed by atoms with Crippen molar-refractivity contribution >= 4 is 24.8 Å². The molecule has 0 spiro atoms. The Morgan fingerprint density at radius 3 is 1.45 bits per heavy atom. The molecule has 4 heteroatoms. The van der Waals surface area contributed by atoms with Crippen LogP contribution in [-0.4, -0.2) is 27.7 Å². The fourth-order valence-corrected chi connectivity index (χ4v) is 1.98. The lowest BCUT2D eigenvalue weighted by Gasteiger charge is -2.10. The minimum absolute atomic E-state index is 0.683. The molecule has 0 fully saturated rings. The Kier molecular flexibility index (Phi) is 4.15. The van der Waals surface area contributed by atoms with Gasteiger partial charge in [0.15, 0.2) is 0 Å². The number of hydrogen-bond donors (Lipinski definition) is 0. The quantitative estimate of drug-likeness (QED) is 0.768. The number of nitrogens with zero attached hydrogens (tertiary/aromatic N) is 2. The van der Waals surface area contributed by atoms with Gasteiger partial charge in [-0.1, -0.05) is 12.1 Å². The minimum atomic E-state index is 0.683. The van der Waals surface area contributed by atoms with Gasteiger partial charge in [0.25, 0.3) is 0 Å². The zero-order valence-electron chi connectivity index (χ0n) is 11.6. The van der Waals surface area contributed by atoms with Crippen LogP contribution >= 0.6 is 0 Å². The van der Waals surface area contributed by atoms with Gasteiger partial charge in [0.05, 0.1) is 14.2 Å². The molecule has 0 saturated carbocycles. The summed E-state index contributed by atoms with van der Waals surface area (Å²) in [5.41, 5.74) is 3.44. The van der Waals surface area contributed by atoms with Gasteiger partial charge in [0.1, 0.15) is 22.9 Å². The highest BCUT2D eigenvalue weighted by molar-refractivity contribution is 5.74.